The second kappa shape index (κ2) is 9.78. The topological polar surface area (TPSA) is 106 Å². The molecule has 0 saturated heterocycles. The summed E-state index contributed by atoms with van der Waals surface area (Å²) >= 11 is 1.20. The summed E-state index contributed by atoms with van der Waals surface area (Å²) in [6.45, 7) is 2.26. The van der Waals surface area contributed by atoms with Crippen molar-refractivity contribution in [2.75, 3.05) is 31.5 Å². The number of H-pyrrole nitrogens is 1. The van der Waals surface area contributed by atoms with E-state index in [9.17, 15) is 9.59 Å². The lowest BCUT2D eigenvalue weighted by atomic mass is 10.1. The van der Waals surface area contributed by atoms with Gasteiger partial charge in [-0.1, -0.05) is 30.0 Å². The van der Waals surface area contributed by atoms with Crippen molar-refractivity contribution in [1.29, 1.82) is 0 Å². The molecule has 10 heteroatoms. The minimum Gasteiger partial charge on any atom is -0.495 e. The van der Waals surface area contributed by atoms with Gasteiger partial charge >= 0.3 is 0 Å². The molecule has 9 nitrogen and oxygen atoms in total. The molecule has 3 aromatic rings. The van der Waals surface area contributed by atoms with Crippen LogP contribution in [0.3, 0.4) is 0 Å². The highest BCUT2D eigenvalue weighted by atomic mass is 32.2. The number of para-hydroxylation sites is 2. The van der Waals surface area contributed by atoms with E-state index >= 15 is 0 Å². The molecular formula is C24H24N4O5S. The zero-order valence-electron chi connectivity index (χ0n) is 18.6. The van der Waals surface area contributed by atoms with Gasteiger partial charge < -0.3 is 24.5 Å². The van der Waals surface area contributed by atoms with Gasteiger partial charge in [-0.25, -0.2) is 4.98 Å². The van der Waals surface area contributed by atoms with E-state index in [1.54, 1.807) is 19.2 Å². The lowest BCUT2D eigenvalue weighted by Crippen LogP contribution is -2.35. The second-order valence-corrected chi connectivity index (χ2v) is 8.95. The lowest BCUT2D eigenvalue weighted by Gasteiger charge is -2.27. The molecule has 0 saturated carbocycles. The van der Waals surface area contributed by atoms with E-state index in [0.717, 1.165) is 29.3 Å². The number of ether oxygens (including phenoxy) is 3. The Kier molecular flexibility index (Phi) is 6.41. The van der Waals surface area contributed by atoms with Gasteiger partial charge in [0.05, 0.1) is 29.8 Å². The number of amides is 1. The molecule has 3 heterocycles. The molecule has 2 aromatic carbocycles. The Morgan fingerprint density at radius 1 is 1.24 bits per heavy atom. The Bertz CT molecular complexity index is 1280. The van der Waals surface area contributed by atoms with Gasteiger partial charge in [-0.2, -0.15) is 0 Å². The normalized spacial score (nSPS) is 14.5. The minimum atomic E-state index is -0.204. The van der Waals surface area contributed by atoms with Gasteiger partial charge in [0.1, 0.15) is 5.75 Å². The number of thioether (sulfide) groups is 1. The average molecular weight is 481 g/mol. The molecule has 176 valence electrons. The molecule has 0 atom stereocenters. The summed E-state index contributed by atoms with van der Waals surface area (Å²) in [5.41, 5.74) is 3.01. The third-order valence-corrected chi connectivity index (χ3v) is 6.56. The molecule has 1 aromatic heterocycles. The molecule has 2 N–H and O–H groups in total. The number of hydrogen-bond acceptors (Lipinski definition) is 8. The first kappa shape index (κ1) is 22.3. The summed E-state index contributed by atoms with van der Waals surface area (Å²) in [6, 6.07) is 13.1. The Balaban J connectivity index is 1.20. The van der Waals surface area contributed by atoms with Crippen molar-refractivity contribution in [2.45, 2.75) is 24.7 Å². The third kappa shape index (κ3) is 4.87. The number of carbonyl (C=O) groups is 1. The molecule has 0 aliphatic carbocycles. The molecule has 0 unspecified atom stereocenters. The standard InChI is InChI=1S/C24H24N4O5S/c1-31-19-5-3-2-4-18(19)25-22(29)13-34-24-26-17-8-9-28(12-16(17)23(30)27-24)11-15-6-7-20-21(10-15)33-14-32-20/h2-7,10H,8-9,11-14H2,1H3,(H,25,29)(H,26,27,30). The van der Waals surface area contributed by atoms with E-state index in [2.05, 4.69) is 20.2 Å². The molecule has 2 aliphatic heterocycles. The number of carbonyl (C=O) groups excluding carboxylic acids is 1. The highest BCUT2D eigenvalue weighted by Gasteiger charge is 2.22. The van der Waals surface area contributed by atoms with Crippen LogP contribution in [0, 0.1) is 0 Å². The van der Waals surface area contributed by atoms with Crippen molar-refractivity contribution in [1.82, 2.24) is 14.9 Å². The molecule has 0 radical (unpaired) electrons. The summed E-state index contributed by atoms with van der Waals surface area (Å²) in [5, 5.41) is 3.27. The molecule has 34 heavy (non-hydrogen) atoms. The van der Waals surface area contributed by atoms with Crippen LogP contribution in [0.15, 0.2) is 52.4 Å². The number of nitrogens with one attached hydrogen (secondary N) is 2. The molecule has 0 bridgehead atoms. The summed E-state index contributed by atoms with van der Waals surface area (Å²) in [6.07, 6.45) is 0.671. The van der Waals surface area contributed by atoms with Crippen molar-refractivity contribution in [3.05, 3.63) is 69.6 Å². The van der Waals surface area contributed by atoms with E-state index in [-0.39, 0.29) is 24.0 Å². The largest absolute Gasteiger partial charge is 0.495 e. The van der Waals surface area contributed by atoms with Crippen LogP contribution in [0.2, 0.25) is 0 Å². The Morgan fingerprint density at radius 2 is 2.09 bits per heavy atom. The fourth-order valence-electron chi connectivity index (χ4n) is 4.03. The fraction of sp³-hybridized carbons (Fsp3) is 0.292. The number of fused-ring (bicyclic) bond motifs is 2. The molecule has 5 rings (SSSR count). The van der Waals surface area contributed by atoms with E-state index in [1.165, 1.54) is 11.8 Å². The summed E-state index contributed by atoms with van der Waals surface area (Å²) in [7, 11) is 1.55. The molecule has 0 spiro atoms. The number of anilines is 1. The first-order valence-corrected chi connectivity index (χ1v) is 11.9. The van der Waals surface area contributed by atoms with Crippen molar-refractivity contribution in [3.8, 4) is 17.2 Å². The summed E-state index contributed by atoms with van der Waals surface area (Å²) in [5.74, 6) is 2.02. The number of aromatic amines is 1. The fourth-order valence-corrected chi connectivity index (χ4v) is 4.71. The maximum absolute atomic E-state index is 12.8. The Labute approximate surface area is 200 Å². The van der Waals surface area contributed by atoms with E-state index in [0.29, 0.717) is 41.7 Å². The summed E-state index contributed by atoms with van der Waals surface area (Å²) in [4.78, 5) is 34.8. The number of methoxy groups -OCH3 is 1. The SMILES string of the molecule is COc1ccccc1NC(=O)CSc1nc2c(c(=O)[nH]1)CN(Cc1ccc3c(c1)OCO3)CC2. The van der Waals surface area contributed by atoms with Gasteiger partial charge in [-0.3, -0.25) is 14.5 Å². The smallest absolute Gasteiger partial charge is 0.256 e. The van der Waals surface area contributed by atoms with Crippen LogP contribution in [0.5, 0.6) is 17.2 Å². The summed E-state index contributed by atoms with van der Waals surface area (Å²) < 4.78 is 16.1. The van der Waals surface area contributed by atoms with Crippen LogP contribution in [-0.2, 0) is 24.3 Å². The monoisotopic (exact) mass is 480 g/mol. The Morgan fingerprint density at radius 3 is 2.97 bits per heavy atom. The predicted octanol–water partition coefficient (Wildman–Crippen LogP) is 2.80. The van der Waals surface area contributed by atoms with Crippen molar-refractivity contribution < 1.29 is 19.0 Å². The molecule has 1 amide bonds. The molecule has 2 aliphatic rings. The van der Waals surface area contributed by atoms with Crippen LogP contribution >= 0.6 is 11.8 Å². The van der Waals surface area contributed by atoms with Gasteiger partial charge in [0.15, 0.2) is 16.7 Å². The first-order valence-electron chi connectivity index (χ1n) is 10.9. The third-order valence-electron chi connectivity index (χ3n) is 5.69. The zero-order valence-corrected chi connectivity index (χ0v) is 19.4. The van der Waals surface area contributed by atoms with Crippen LogP contribution in [0.1, 0.15) is 16.8 Å². The maximum Gasteiger partial charge on any atom is 0.256 e. The highest BCUT2D eigenvalue weighted by molar-refractivity contribution is 7.99. The van der Waals surface area contributed by atoms with Gasteiger partial charge in [-0.05, 0) is 29.8 Å². The van der Waals surface area contributed by atoms with Crippen molar-refractivity contribution in [3.63, 3.8) is 0 Å². The number of nitrogens with zero attached hydrogens (tertiary/aromatic N) is 2. The van der Waals surface area contributed by atoms with Crippen LogP contribution in [0.4, 0.5) is 5.69 Å². The first-order chi connectivity index (χ1) is 16.6. The number of aromatic nitrogens is 2. The van der Waals surface area contributed by atoms with Crippen LogP contribution in [0.25, 0.3) is 0 Å². The van der Waals surface area contributed by atoms with Gasteiger partial charge in [0.25, 0.3) is 5.56 Å². The number of rotatable bonds is 7. The van der Waals surface area contributed by atoms with Crippen molar-refractivity contribution >= 4 is 23.4 Å². The van der Waals surface area contributed by atoms with E-state index < -0.39 is 0 Å². The maximum atomic E-state index is 12.8. The Hall–Kier alpha value is -3.50. The average Bonchev–Trinajstić information content (AvgIpc) is 3.31. The second-order valence-electron chi connectivity index (χ2n) is 7.98. The quantitative estimate of drug-likeness (QED) is 0.393. The van der Waals surface area contributed by atoms with E-state index in [1.807, 2.05) is 30.3 Å². The van der Waals surface area contributed by atoms with Crippen molar-refractivity contribution in [2.24, 2.45) is 0 Å². The number of hydrogen-bond donors (Lipinski definition) is 2. The lowest BCUT2D eigenvalue weighted by molar-refractivity contribution is -0.113. The molecule has 0 fully saturated rings. The number of benzene rings is 2. The zero-order chi connectivity index (χ0) is 23.5. The van der Waals surface area contributed by atoms with Gasteiger partial charge in [-0.15, -0.1) is 0 Å². The van der Waals surface area contributed by atoms with E-state index in [4.69, 9.17) is 14.2 Å². The molecular weight excluding hydrogens is 456 g/mol. The highest BCUT2D eigenvalue weighted by Crippen LogP contribution is 2.33. The minimum absolute atomic E-state index is 0.121. The van der Waals surface area contributed by atoms with Gasteiger partial charge in [0.2, 0.25) is 12.7 Å². The van der Waals surface area contributed by atoms with Crippen LogP contribution < -0.4 is 25.1 Å². The van der Waals surface area contributed by atoms with Gasteiger partial charge in [0, 0.05) is 26.1 Å². The van der Waals surface area contributed by atoms with Crippen LogP contribution in [-0.4, -0.2) is 47.0 Å². The predicted molar refractivity (Wildman–Crippen MR) is 128 cm³/mol.